The summed E-state index contributed by atoms with van der Waals surface area (Å²) in [6, 6.07) is 5.01. The van der Waals surface area contributed by atoms with Gasteiger partial charge in [0.15, 0.2) is 0 Å². The summed E-state index contributed by atoms with van der Waals surface area (Å²) >= 11 is 0. The summed E-state index contributed by atoms with van der Waals surface area (Å²) in [6.07, 6.45) is 1.47. The quantitative estimate of drug-likeness (QED) is 0.596. The van der Waals surface area contributed by atoms with Crippen molar-refractivity contribution in [2.24, 2.45) is 0 Å². The molecule has 0 aromatic heterocycles. The Hall–Kier alpha value is -1.64. The van der Waals surface area contributed by atoms with Crippen LogP contribution in [0.15, 0.2) is 18.2 Å². The third-order valence-electron chi connectivity index (χ3n) is 2.27. The van der Waals surface area contributed by atoms with E-state index in [1.54, 1.807) is 18.2 Å². The van der Waals surface area contributed by atoms with Crippen LogP contribution in [0, 0.1) is 0 Å². The molecule has 0 N–H and O–H groups in total. The van der Waals surface area contributed by atoms with Crippen molar-refractivity contribution in [1.29, 1.82) is 0 Å². The third-order valence-corrected chi connectivity index (χ3v) is 2.27. The molecule has 0 aliphatic rings. The number of carbonyl (C=O) groups is 2. The number of aldehydes is 1. The number of esters is 1. The average Bonchev–Trinajstić information content (AvgIpc) is 2.25. The van der Waals surface area contributed by atoms with Gasteiger partial charge in [-0.1, -0.05) is 13.0 Å². The van der Waals surface area contributed by atoms with Gasteiger partial charge in [-0.15, -0.1) is 0 Å². The highest BCUT2D eigenvalue weighted by Crippen LogP contribution is 2.17. The summed E-state index contributed by atoms with van der Waals surface area (Å²) in [5, 5.41) is 0. The maximum Gasteiger partial charge on any atom is 0.338 e. The van der Waals surface area contributed by atoms with Crippen LogP contribution in [0.25, 0.3) is 0 Å². The molecule has 0 amide bonds. The van der Waals surface area contributed by atoms with Gasteiger partial charge in [0.1, 0.15) is 11.9 Å². The molecule has 0 saturated carbocycles. The summed E-state index contributed by atoms with van der Waals surface area (Å²) in [5.41, 5.74) is 1.44. The summed E-state index contributed by atoms with van der Waals surface area (Å²) < 4.78 is 5.31. The molecule has 0 unspecified atom stereocenters. The second kappa shape index (κ2) is 5.13. The lowest BCUT2D eigenvalue weighted by Gasteiger charge is -2.20. The summed E-state index contributed by atoms with van der Waals surface area (Å²) in [5.74, 6) is -0.341. The van der Waals surface area contributed by atoms with Gasteiger partial charge in [0.2, 0.25) is 0 Å². The van der Waals surface area contributed by atoms with Gasteiger partial charge in [0, 0.05) is 5.56 Å². The van der Waals surface area contributed by atoms with Gasteiger partial charge in [0.25, 0.3) is 0 Å². The molecule has 3 heteroatoms. The first kappa shape index (κ1) is 13.4. The van der Waals surface area contributed by atoms with Gasteiger partial charge in [-0.05, 0) is 44.9 Å². The monoisotopic (exact) mass is 234 g/mol. The van der Waals surface area contributed by atoms with Gasteiger partial charge >= 0.3 is 5.97 Å². The molecular weight excluding hydrogens is 216 g/mol. The first-order chi connectivity index (χ1) is 7.87. The van der Waals surface area contributed by atoms with Gasteiger partial charge in [0.05, 0.1) is 5.56 Å². The fourth-order valence-corrected chi connectivity index (χ4v) is 1.51. The molecule has 1 aromatic rings. The maximum absolute atomic E-state index is 11.9. The molecular formula is C14H18O3. The first-order valence-corrected chi connectivity index (χ1v) is 5.69. The number of hydrogen-bond donors (Lipinski definition) is 0. The fraction of sp³-hybridized carbons (Fsp3) is 0.429. The molecule has 0 aliphatic heterocycles. The highest BCUT2D eigenvalue weighted by Gasteiger charge is 2.19. The largest absolute Gasteiger partial charge is 0.456 e. The minimum Gasteiger partial charge on any atom is -0.456 e. The smallest absolute Gasteiger partial charge is 0.338 e. The van der Waals surface area contributed by atoms with Crippen LogP contribution >= 0.6 is 0 Å². The molecule has 0 spiro atoms. The Morgan fingerprint density at radius 2 is 2.00 bits per heavy atom. The minimum atomic E-state index is -0.509. The van der Waals surface area contributed by atoms with Crippen molar-refractivity contribution < 1.29 is 14.3 Å². The summed E-state index contributed by atoms with van der Waals surface area (Å²) in [6.45, 7) is 7.43. The van der Waals surface area contributed by atoms with E-state index in [9.17, 15) is 9.59 Å². The van der Waals surface area contributed by atoms with Crippen LogP contribution in [0.1, 0.15) is 54.0 Å². The second-order valence-electron chi connectivity index (χ2n) is 4.89. The van der Waals surface area contributed by atoms with Crippen molar-refractivity contribution in [3.63, 3.8) is 0 Å². The topological polar surface area (TPSA) is 43.4 Å². The highest BCUT2D eigenvalue weighted by atomic mass is 16.6. The van der Waals surface area contributed by atoms with Crippen LogP contribution < -0.4 is 0 Å². The van der Waals surface area contributed by atoms with Gasteiger partial charge < -0.3 is 4.74 Å². The Labute approximate surface area is 102 Å². The zero-order valence-corrected chi connectivity index (χ0v) is 10.7. The van der Waals surface area contributed by atoms with Gasteiger partial charge in [-0.2, -0.15) is 0 Å². The molecule has 0 aliphatic carbocycles. The number of ether oxygens (including phenoxy) is 1. The summed E-state index contributed by atoms with van der Waals surface area (Å²) in [7, 11) is 0. The number of hydrogen-bond acceptors (Lipinski definition) is 3. The SMILES string of the molecule is CCc1cc(C=O)ccc1C(=O)OC(C)(C)C. The molecule has 0 saturated heterocycles. The van der Waals surface area contributed by atoms with E-state index in [-0.39, 0.29) is 5.97 Å². The second-order valence-corrected chi connectivity index (χ2v) is 4.89. The first-order valence-electron chi connectivity index (χ1n) is 5.69. The molecule has 0 radical (unpaired) electrons. The molecule has 1 aromatic carbocycles. The van der Waals surface area contributed by atoms with Crippen LogP contribution in [-0.4, -0.2) is 17.9 Å². The summed E-state index contributed by atoms with van der Waals surface area (Å²) in [4.78, 5) is 22.6. The Kier molecular flexibility index (Phi) is 4.05. The van der Waals surface area contributed by atoms with Crippen molar-refractivity contribution in [3.05, 3.63) is 34.9 Å². The Morgan fingerprint density at radius 3 is 2.47 bits per heavy atom. The zero-order valence-electron chi connectivity index (χ0n) is 10.7. The molecule has 3 nitrogen and oxygen atoms in total. The Morgan fingerprint density at radius 1 is 1.35 bits per heavy atom. The van der Waals surface area contributed by atoms with E-state index in [2.05, 4.69) is 0 Å². The minimum absolute atomic E-state index is 0.341. The molecule has 0 bridgehead atoms. The van der Waals surface area contributed by atoms with Gasteiger partial charge in [-0.25, -0.2) is 4.79 Å². The van der Waals surface area contributed by atoms with Crippen molar-refractivity contribution in [2.45, 2.75) is 39.7 Å². The number of carbonyl (C=O) groups excluding carboxylic acids is 2. The third kappa shape index (κ3) is 3.70. The highest BCUT2D eigenvalue weighted by molar-refractivity contribution is 5.92. The lowest BCUT2D eigenvalue weighted by molar-refractivity contribution is 0.00682. The zero-order chi connectivity index (χ0) is 13.1. The van der Waals surface area contributed by atoms with Crippen LogP contribution in [0.3, 0.4) is 0 Å². The predicted octanol–water partition coefficient (Wildman–Crippen LogP) is 3.02. The van der Waals surface area contributed by atoms with E-state index in [4.69, 9.17) is 4.74 Å². The van der Waals surface area contributed by atoms with Crippen molar-refractivity contribution in [2.75, 3.05) is 0 Å². The van der Waals surface area contributed by atoms with E-state index in [1.807, 2.05) is 27.7 Å². The van der Waals surface area contributed by atoms with E-state index in [1.165, 1.54) is 0 Å². The Bertz CT molecular complexity index is 428. The van der Waals surface area contributed by atoms with Gasteiger partial charge in [-0.3, -0.25) is 4.79 Å². The molecule has 17 heavy (non-hydrogen) atoms. The van der Waals surface area contributed by atoms with Crippen LogP contribution in [0.4, 0.5) is 0 Å². The Balaban J connectivity index is 3.05. The molecule has 1 rings (SSSR count). The fourth-order valence-electron chi connectivity index (χ4n) is 1.51. The molecule has 0 atom stereocenters. The van der Waals surface area contributed by atoms with Crippen molar-refractivity contribution in [3.8, 4) is 0 Å². The van der Waals surface area contributed by atoms with Crippen molar-refractivity contribution >= 4 is 12.3 Å². The van der Waals surface area contributed by atoms with E-state index < -0.39 is 5.60 Å². The van der Waals surface area contributed by atoms with Crippen LogP contribution in [0.2, 0.25) is 0 Å². The normalized spacial score (nSPS) is 11.1. The number of aryl methyl sites for hydroxylation is 1. The molecule has 92 valence electrons. The standard InChI is InChI=1S/C14H18O3/c1-5-11-8-10(9-15)6-7-12(11)13(16)17-14(2,3)4/h6-9H,5H2,1-4H3. The van der Waals surface area contributed by atoms with Crippen LogP contribution in [0.5, 0.6) is 0 Å². The lowest BCUT2D eigenvalue weighted by atomic mass is 10.0. The predicted molar refractivity (Wildman–Crippen MR) is 66.4 cm³/mol. The lowest BCUT2D eigenvalue weighted by Crippen LogP contribution is -2.24. The van der Waals surface area contributed by atoms with Crippen molar-refractivity contribution in [1.82, 2.24) is 0 Å². The number of benzene rings is 1. The van der Waals surface area contributed by atoms with E-state index in [0.29, 0.717) is 17.5 Å². The molecule has 0 fully saturated rings. The number of rotatable bonds is 3. The average molecular weight is 234 g/mol. The van der Waals surface area contributed by atoms with E-state index >= 15 is 0 Å². The molecule has 0 heterocycles. The van der Waals surface area contributed by atoms with E-state index in [0.717, 1.165) is 11.8 Å². The van der Waals surface area contributed by atoms with Crippen LogP contribution in [-0.2, 0) is 11.2 Å². The maximum atomic E-state index is 11.9.